The summed E-state index contributed by atoms with van der Waals surface area (Å²) in [5.41, 5.74) is 9.15. The zero-order valence-electron chi connectivity index (χ0n) is 25.4. The second-order valence-electron chi connectivity index (χ2n) is 11.4. The van der Waals surface area contributed by atoms with E-state index in [0.717, 1.165) is 34.1 Å². The summed E-state index contributed by atoms with van der Waals surface area (Å²) in [6.07, 6.45) is 0. The third kappa shape index (κ3) is 4.96. The minimum absolute atomic E-state index is 1.11. The number of anilines is 6. The predicted molar refractivity (Wildman–Crippen MR) is 196 cm³/mol. The molecule has 0 aromatic heterocycles. The maximum absolute atomic E-state index is 2.42. The summed E-state index contributed by atoms with van der Waals surface area (Å²) in [6.45, 7) is 0. The second-order valence-corrected chi connectivity index (χ2v) is 11.4. The van der Waals surface area contributed by atoms with E-state index in [2.05, 4.69) is 204 Å². The van der Waals surface area contributed by atoms with Crippen molar-refractivity contribution in [1.29, 1.82) is 0 Å². The topological polar surface area (TPSA) is 6.48 Å². The Labute approximate surface area is 270 Å². The lowest BCUT2D eigenvalue weighted by Crippen LogP contribution is -2.14. The minimum atomic E-state index is 1.11. The van der Waals surface area contributed by atoms with Gasteiger partial charge in [0.2, 0.25) is 0 Å². The second kappa shape index (κ2) is 12.1. The maximum atomic E-state index is 2.42. The van der Waals surface area contributed by atoms with Crippen molar-refractivity contribution in [2.24, 2.45) is 0 Å². The van der Waals surface area contributed by atoms with Gasteiger partial charge in [0.25, 0.3) is 0 Å². The molecule has 0 atom stereocenters. The Hall–Kier alpha value is -6.12. The van der Waals surface area contributed by atoms with Crippen LogP contribution in [0.25, 0.3) is 32.7 Å². The Balaban J connectivity index is 1.54. The van der Waals surface area contributed by atoms with Crippen molar-refractivity contribution in [2.75, 3.05) is 9.80 Å². The van der Waals surface area contributed by atoms with Gasteiger partial charge in [-0.05, 0) is 65.7 Å². The van der Waals surface area contributed by atoms with E-state index in [9.17, 15) is 0 Å². The molecule has 0 N–H and O–H groups in total. The minimum Gasteiger partial charge on any atom is -0.309 e. The number of fused-ring (bicyclic) bond motifs is 2. The van der Waals surface area contributed by atoms with E-state index in [1.165, 1.54) is 32.7 Å². The van der Waals surface area contributed by atoms with Crippen molar-refractivity contribution in [2.45, 2.75) is 0 Å². The van der Waals surface area contributed by atoms with Gasteiger partial charge in [-0.15, -0.1) is 0 Å². The van der Waals surface area contributed by atoms with E-state index in [0.29, 0.717) is 0 Å². The van der Waals surface area contributed by atoms with Crippen LogP contribution in [-0.2, 0) is 0 Å². The van der Waals surface area contributed by atoms with Gasteiger partial charge in [-0.25, -0.2) is 0 Å². The summed E-state index contributed by atoms with van der Waals surface area (Å²) in [5, 5.41) is 4.72. The molecule has 218 valence electrons. The van der Waals surface area contributed by atoms with Crippen molar-refractivity contribution in [1.82, 2.24) is 0 Å². The van der Waals surface area contributed by atoms with Gasteiger partial charge in [-0.3, -0.25) is 0 Å². The van der Waals surface area contributed by atoms with Crippen LogP contribution in [0.5, 0.6) is 0 Å². The summed E-state index contributed by atoms with van der Waals surface area (Å²) in [4.78, 5) is 4.82. The molecule has 0 spiro atoms. The first-order valence-electron chi connectivity index (χ1n) is 15.7. The van der Waals surface area contributed by atoms with Crippen LogP contribution in [-0.4, -0.2) is 0 Å². The van der Waals surface area contributed by atoms with Gasteiger partial charge in [-0.2, -0.15) is 0 Å². The molecule has 0 saturated carbocycles. The van der Waals surface area contributed by atoms with E-state index in [4.69, 9.17) is 0 Å². The average molecular weight is 589 g/mol. The van der Waals surface area contributed by atoms with E-state index >= 15 is 0 Å². The van der Waals surface area contributed by atoms with Gasteiger partial charge in [-0.1, -0.05) is 140 Å². The normalized spacial score (nSPS) is 11.0. The Bertz CT molecular complexity index is 2150. The third-order valence-corrected chi connectivity index (χ3v) is 8.58. The molecule has 46 heavy (non-hydrogen) atoms. The van der Waals surface area contributed by atoms with Gasteiger partial charge in [0.1, 0.15) is 0 Å². The van der Waals surface area contributed by atoms with E-state index < -0.39 is 0 Å². The molecule has 0 unspecified atom stereocenters. The third-order valence-electron chi connectivity index (χ3n) is 8.58. The molecule has 0 amide bonds. The van der Waals surface area contributed by atoms with Crippen LogP contribution in [0, 0.1) is 0 Å². The number of hydrogen-bond acceptors (Lipinski definition) is 2. The predicted octanol–water partition coefficient (Wildman–Crippen LogP) is 12.6. The maximum Gasteiger partial charge on any atom is 0.0620 e. The lowest BCUT2D eigenvalue weighted by atomic mass is 9.92. The van der Waals surface area contributed by atoms with E-state index in [-0.39, 0.29) is 0 Å². The highest BCUT2D eigenvalue weighted by Gasteiger charge is 2.25. The Morgan fingerprint density at radius 2 is 0.565 bits per heavy atom. The van der Waals surface area contributed by atoms with E-state index in [1.807, 2.05) is 0 Å². The highest BCUT2D eigenvalue weighted by atomic mass is 15.2. The first kappa shape index (κ1) is 27.4. The van der Waals surface area contributed by atoms with Crippen LogP contribution in [0.15, 0.2) is 194 Å². The highest BCUT2D eigenvalue weighted by Crippen LogP contribution is 2.51. The van der Waals surface area contributed by atoms with Gasteiger partial charge in [0, 0.05) is 44.3 Å². The van der Waals surface area contributed by atoms with Crippen molar-refractivity contribution in [3.63, 3.8) is 0 Å². The number of hydrogen-bond donors (Lipinski definition) is 0. The molecule has 2 heteroatoms. The van der Waals surface area contributed by atoms with E-state index in [1.54, 1.807) is 0 Å². The van der Waals surface area contributed by atoms with Crippen LogP contribution in [0.1, 0.15) is 0 Å². The van der Waals surface area contributed by atoms with Crippen LogP contribution in [0.2, 0.25) is 0 Å². The molecule has 0 aliphatic carbocycles. The number of rotatable bonds is 7. The number of nitrogens with zero attached hydrogens (tertiary/aromatic N) is 2. The fourth-order valence-corrected chi connectivity index (χ4v) is 6.55. The molecule has 0 fully saturated rings. The quantitative estimate of drug-likeness (QED) is 0.135. The highest BCUT2D eigenvalue weighted by molar-refractivity contribution is 6.23. The van der Waals surface area contributed by atoms with Crippen molar-refractivity contribution in [3.05, 3.63) is 194 Å². The molecular weight excluding hydrogens is 556 g/mol. The van der Waals surface area contributed by atoms with Crippen LogP contribution < -0.4 is 9.80 Å². The summed E-state index contributed by atoms with van der Waals surface area (Å²) < 4.78 is 0. The van der Waals surface area contributed by atoms with Crippen LogP contribution in [0.3, 0.4) is 0 Å². The lowest BCUT2D eigenvalue weighted by Gasteiger charge is -2.33. The average Bonchev–Trinajstić information content (AvgIpc) is 3.14. The largest absolute Gasteiger partial charge is 0.309 e. The molecule has 0 radical (unpaired) electrons. The Morgan fingerprint density at radius 1 is 0.239 bits per heavy atom. The molecule has 0 heterocycles. The van der Waals surface area contributed by atoms with Gasteiger partial charge < -0.3 is 9.80 Å². The standard InChI is InChI=1S/C44H32N2/c1-6-18-33(19-7-1)34-30-31-41-42(32-34)44(46(37-24-12-4-13-25-37)38-26-14-5-15-27-38)40-29-17-16-28-39(40)43(41)45(35-20-8-2-9-21-35)36-22-10-3-11-23-36/h1-32H. The van der Waals surface area contributed by atoms with Crippen molar-refractivity contribution < 1.29 is 0 Å². The molecule has 0 aliphatic rings. The molecule has 2 nitrogen and oxygen atoms in total. The molecule has 8 aromatic carbocycles. The lowest BCUT2D eigenvalue weighted by molar-refractivity contribution is 1.29. The van der Waals surface area contributed by atoms with Crippen LogP contribution in [0.4, 0.5) is 34.1 Å². The number of benzene rings is 8. The fourth-order valence-electron chi connectivity index (χ4n) is 6.55. The molecule has 0 bridgehead atoms. The molecule has 0 saturated heterocycles. The van der Waals surface area contributed by atoms with Gasteiger partial charge in [0.05, 0.1) is 11.4 Å². The summed E-state index contributed by atoms with van der Waals surface area (Å²) in [5.74, 6) is 0. The SMILES string of the molecule is c1ccc(-c2ccc3c(N(c4ccccc4)c4ccccc4)c4ccccc4c(N(c4ccccc4)c4ccccc4)c3c2)cc1. The molecule has 8 aromatic rings. The van der Waals surface area contributed by atoms with Gasteiger partial charge in [0.15, 0.2) is 0 Å². The Morgan fingerprint density at radius 3 is 0.978 bits per heavy atom. The smallest absolute Gasteiger partial charge is 0.0620 e. The van der Waals surface area contributed by atoms with Crippen molar-refractivity contribution >= 4 is 55.7 Å². The molecule has 0 aliphatic heterocycles. The van der Waals surface area contributed by atoms with Crippen molar-refractivity contribution in [3.8, 4) is 11.1 Å². The zero-order valence-corrected chi connectivity index (χ0v) is 25.4. The zero-order chi connectivity index (χ0) is 30.7. The van der Waals surface area contributed by atoms with Gasteiger partial charge >= 0.3 is 0 Å². The first-order chi connectivity index (χ1) is 22.9. The monoisotopic (exact) mass is 588 g/mol. The summed E-state index contributed by atoms with van der Waals surface area (Å²) in [7, 11) is 0. The Kier molecular flexibility index (Phi) is 7.22. The first-order valence-corrected chi connectivity index (χ1v) is 15.7. The molecule has 8 rings (SSSR count). The summed E-state index contributed by atoms with van der Waals surface area (Å²) in [6, 6.07) is 69.3. The van der Waals surface area contributed by atoms with Crippen LogP contribution >= 0.6 is 0 Å². The summed E-state index contributed by atoms with van der Waals surface area (Å²) >= 11 is 0. The number of para-hydroxylation sites is 4. The molecular formula is C44H32N2. The fraction of sp³-hybridized carbons (Fsp3) is 0.